The van der Waals surface area contributed by atoms with Gasteiger partial charge >= 0.3 is 6.18 Å². The van der Waals surface area contributed by atoms with Crippen LogP contribution in [0, 0.1) is 0 Å². The minimum atomic E-state index is -4.51. The quantitative estimate of drug-likeness (QED) is 0.921. The van der Waals surface area contributed by atoms with Crippen LogP contribution in [-0.4, -0.2) is 38.3 Å². The van der Waals surface area contributed by atoms with E-state index < -0.39 is 23.9 Å². The molecule has 25 heavy (non-hydrogen) atoms. The molecule has 1 aliphatic rings. The van der Waals surface area contributed by atoms with Crippen LogP contribution >= 0.6 is 0 Å². The molecule has 0 radical (unpaired) electrons. The molecule has 2 heterocycles. The summed E-state index contributed by atoms with van der Waals surface area (Å²) in [5, 5.41) is 14.1. The van der Waals surface area contributed by atoms with Gasteiger partial charge in [-0.3, -0.25) is 9.48 Å². The molecule has 0 spiro atoms. The Bertz CT molecular complexity index is 772. The van der Waals surface area contributed by atoms with E-state index in [1.54, 1.807) is 24.0 Å². The summed E-state index contributed by atoms with van der Waals surface area (Å²) in [4.78, 5) is 13.9. The molecule has 2 atom stereocenters. The Kier molecular flexibility index (Phi) is 4.55. The van der Waals surface area contributed by atoms with Crippen molar-refractivity contribution in [1.82, 2.24) is 14.7 Å². The van der Waals surface area contributed by atoms with E-state index in [1.807, 2.05) is 0 Å². The zero-order chi connectivity index (χ0) is 18.2. The van der Waals surface area contributed by atoms with Gasteiger partial charge in [-0.25, -0.2) is 0 Å². The van der Waals surface area contributed by atoms with E-state index in [1.165, 1.54) is 23.1 Å². The third-order valence-electron chi connectivity index (χ3n) is 4.33. The van der Waals surface area contributed by atoms with E-state index >= 15 is 0 Å². The number of aliphatic hydroxyl groups is 1. The van der Waals surface area contributed by atoms with E-state index in [9.17, 15) is 23.1 Å². The maximum absolute atomic E-state index is 13.3. The normalized spacial score (nSPS) is 20.9. The molecule has 1 N–H and O–H groups in total. The fourth-order valence-corrected chi connectivity index (χ4v) is 3.24. The molecule has 1 aromatic carbocycles. The lowest BCUT2D eigenvalue weighted by atomic mass is 9.97. The number of halogens is 3. The molecule has 1 aromatic heterocycles. The standard InChI is InChI=1S/C17H18F3N3O2/c1-22-7-6-11(21-22)8-16(25)23-10-12(24)9-15(23)13-4-2-3-5-14(13)17(18,19)20/h2-7,12,15,24H,8-10H2,1H3/t12-,15-/m1/s1. The second kappa shape index (κ2) is 6.51. The minimum absolute atomic E-state index is 0.0147. The van der Waals surface area contributed by atoms with Gasteiger partial charge in [-0.2, -0.15) is 18.3 Å². The number of aromatic nitrogens is 2. The molecule has 3 rings (SSSR count). The number of hydrogen-bond acceptors (Lipinski definition) is 3. The molecular weight excluding hydrogens is 335 g/mol. The number of aliphatic hydroxyl groups excluding tert-OH is 1. The first kappa shape index (κ1) is 17.5. The van der Waals surface area contributed by atoms with Gasteiger partial charge in [0, 0.05) is 19.8 Å². The molecule has 1 aliphatic heterocycles. The monoisotopic (exact) mass is 353 g/mol. The van der Waals surface area contributed by atoms with Crippen molar-refractivity contribution in [1.29, 1.82) is 0 Å². The van der Waals surface area contributed by atoms with Crippen LogP contribution in [-0.2, 0) is 24.4 Å². The van der Waals surface area contributed by atoms with Crippen molar-refractivity contribution in [2.75, 3.05) is 6.54 Å². The third kappa shape index (κ3) is 3.68. The Morgan fingerprint density at radius 1 is 1.32 bits per heavy atom. The number of β-amino-alcohol motifs (C(OH)–C–C–N with tert-alkyl or cyclic N) is 1. The number of carbonyl (C=O) groups excluding carboxylic acids is 1. The van der Waals surface area contributed by atoms with Crippen molar-refractivity contribution in [3.05, 3.63) is 53.3 Å². The highest BCUT2D eigenvalue weighted by atomic mass is 19.4. The number of hydrogen-bond donors (Lipinski definition) is 1. The van der Waals surface area contributed by atoms with Gasteiger partial charge in [0.15, 0.2) is 0 Å². The number of amides is 1. The molecular formula is C17H18F3N3O2. The molecule has 1 amide bonds. The first-order chi connectivity index (χ1) is 11.8. The van der Waals surface area contributed by atoms with Gasteiger partial charge in [0.1, 0.15) is 0 Å². The lowest BCUT2D eigenvalue weighted by Gasteiger charge is -2.27. The minimum Gasteiger partial charge on any atom is -0.391 e. The maximum Gasteiger partial charge on any atom is 0.416 e. The van der Waals surface area contributed by atoms with Crippen molar-refractivity contribution >= 4 is 5.91 Å². The molecule has 0 unspecified atom stereocenters. The van der Waals surface area contributed by atoms with Crippen LogP contribution in [0.2, 0.25) is 0 Å². The molecule has 134 valence electrons. The van der Waals surface area contributed by atoms with Crippen LogP contribution < -0.4 is 0 Å². The van der Waals surface area contributed by atoms with Crippen LogP contribution in [0.5, 0.6) is 0 Å². The van der Waals surface area contributed by atoms with Crippen LogP contribution in [0.1, 0.15) is 29.3 Å². The largest absolute Gasteiger partial charge is 0.416 e. The molecule has 1 fully saturated rings. The number of alkyl halides is 3. The van der Waals surface area contributed by atoms with Crippen molar-refractivity contribution in [3.63, 3.8) is 0 Å². The number of likely N-dealkylation sites (tertiary alicyclic amines) is 1. The van der Waals surface area contributed by atoms with Gasteiger partial charge in [-0.05, 0) is 24.1 Å². The molecule has 2 aromatic rings. The van der Waals surface area contributed by atoms with Crippen LogP contribution in [0.3, 0.4) is 0 Å². The zero-order valence-corrected chi connectivity index (χ0v) is 13.6. The summed E-state index contributed by atoms with van der Waals surface area (Å²) in [5.74, 6) is -0.350. The highest BCUT2D eigenvalue weighted by Gasteiger charge is 2.41. The Hall–Kier alpha value is -2.35. The number of aryl methyl sites for hydroxylation is 1. The maximum atomic E-state index is 13.3. The molecule has 1 saturated heterocycles. The van der Waals surface area contributed by atoms with Crippen LogP contribution in [0.15, 0.2) is 36.5 Å². The van der Waals surface area contributed by atoms with Gasteiger partial charge in [-0.1, -0.05) is 18.2 Å². The number of carbonyl (C=O) groups is 1. The molecule has 0 saturated carbocycles. The SMILES string of the molecule is Cn1ccc(CC(=O)N2C[C@H](O)C[C@@H]2c2ccccc2C(F)(F)F)n1. The van der Waals surface area contributed by atoms with E-state index in [4.69, 9.17) is 0 Å². The van der Waals surface area contributed by atoms with E-state index in [2.05, 4.69) is 5.10 Å². The highest BCUT2D eigenvalue weighted by Crippen LogP contribution is 2.40. The summed E-state index contributed by atoms with van der Waals surface area (Å²) >= 11 is 0. The Morgan fingerprint density at radius 3 is 2.68 bits per heavy atom. The van der Waals surface area contributed by atoms with E-state index in [0.717, 1.165) is 6.07 Å². The molecule has 5 nitrogen and oxygen atoms in total. The summed E-state index contributed by atoms with van der Waals surface area (Å²) < 4.78 is 41.4. The number of rotatable bonds is 3. The zero-order valence-electron chi connectivity index (χ0n) is 13.6. The number of benzene rings is 1. The summed E-state index contributed by atoms with van der Waals surface area (Å²) in [5.41, 5.74) is -0.220. The summed E-state index contributed by atoms with van der Waals surface area (Å²) in [6, 6.07) is 6.08. The second-order valence-corrected chi connectivity index (χ2v) is 6.19. The molecule has 8 heteroatoms. The van der Waals surface area contributed by atoms with E-state index in [-0.39, 0.29) is 30.9 Å². The van der Waals surface area contributed by atoms with Gasteiger partial charge in [-0.15, -0.1) is 0 Å². The molecule has 0 bridgehead atoms. The third-order valence-corrected chi connectivity index (χ3v) is 4.33. The fraction of sp³-hybridized carbons (Fsp3) is 0.412. The highest BCUT2D eigenvalue weighted by molar-refractivity contribution is 5.79. The average molecular weight is 353 g/mol. The van der Waals surface area contributed by atoms with Crippen molar-refractivity contribution in [2.24, 2.45) is 7.05 Å². The summed E-state index contributed by atoms with van der Waals surface area (Å²) in [6.07, 6.45) is -3.60. The smallest absolute Gasteiger partial charge is 0.391 e. The van der Waals surface area contributed by atoms with Crippen molar-refractivity contribution in [3.8, 4) is 0 Å². The average Bonchev–Trinajstić information content (AvgIpc) is 3.12. The second-order valence-electron chi connectivity index (χ2n) is 6.19. The Balaban J connectivity index is 1.89. The fourth-order valence-electron chi connectivity index (χ4n) is 3.24. The van der Waals surface area contributed by atoms with Crippen molar-refractivity contribution < 1.29 is 23.1 Å². The van der Waals surface area contributed by atoms with Crippen LogP contribution in [0.25, 0.3) is 0 Å². The van der Waals surface area contributed by atoms with Crippen LogP contribution in [0.4, 0.5) is 13.2 Å². The van der Waals surface area contributed by atoms with Crippen molar-refractivity contribution in [2.45, 2.75) is 31.2 Å². The lowest BCUT2D eigenvalue weighted by molar-refractivity contribution is -0.140. The predicted octanol–water partition coefficient (Wildman–Crippen LogP) is 2.32. The van der Waals surface area contributed by atoms with Gasteiger partial charge in [0.05, 0.1) is 29.8 Å². The molecule has 0 aliphatic carbocycles. The van der Waals surface area contributed by atoms with E-state index in [0.29, 0.717) is 5.69 Å². The lowest BCUT2D eigenvalue weighted by Crippen LogP contribution is -2.34. The predicted molar refractivity (Wildman–Crippen MR) is 83.4 cm³/mol. The topological polar surface area (TPSA) is 58.4 Å². The summed E-state index contributed by atoms with van der Waals surface area (Å²) in [7, 11) is 1.72. The Labute approximate surface area is 142 Å². The summed E-state index contributed by atoms with van der Waals surface area (Å²) in [6.45, 7) is 0.0164. The van der Waals surface area contributed by atoms with Gasteiger partial charge in [0.2, 0.25) is 5.91 Å². The first-order valence-corrected chi connectivity index (χ1v) is 7.88. The Morgan fingerprint density at radius 2 is 2.04 bits per heavy atom. The van der Waals surface area contributed by atoms with Gasteiger partial charge in [0.25, 0.3) is 0 Å². The number of nitrogens with zero attached hydrogens (tertiary/aromatic N) is 3. The van der Waals surface area contributed by atoms with Gasteiger partial charge < -0.3 is 10.0 Å². The first-order valence-electron chi connectivity index (χ1n) is 7.88.